The van der Waals surface area contributed by atoms with Gasteiger partial charge in [-0.15, -0.1) is 0 Å². The van der Waals surface area contributed by atoms with E-state index in [1.807, 2.05) is 30.3 Å². The maximum absolute atomic E-state index is 12.6. The molecule has 0 bridgehead atoms. The number of anilines is 1. The van der Waals surface area contributed by atoms with Crippen LogP contribution in [0.25, 0.3) is 10.2 Å². The molecule has 2 heterocycles. The lowest BCUT2D eigenvalue weighted by Gasteiger charge is -2.00. The molecule has 4 aromatic rings. The molecule has 0 unspecified atom stereocenters. The van der Waals surface area contributed by atoms with Gasteiger partial charge in [0.05, 0.1) is 10.2 Å². The van der Waals surface area contributed by atoms with Crippen LogP contribution in [0.15, 0.2) is 60.0 Å². The Morgan fingerprint density at radius 1 is 1.12 bits per heavy atom. The monoisotopic (exact) mass is 477 g/mol. The van der Waals surface area contributed by atoms with E-state index in [4.69, 9.17) is 0 Å². The molecular formula is C19H14IN2OS2+. The second-order valence-corrected chi connectivity index (χ2v) is 11.1. The molecule has 124 valence electrons. The molecule has 0 fully saturated rings. The van der Waals surface area contributed by atoms with Gasteiger partial charge in [0.2, 0.25) is 2.88 Å². The van der Waals surface area contributed by atoms with Crippen molar-refractivity contribution in [2.45, 2.75) is 6.92 Å². The molecule has 4 rings (SSSR count). The Labute approximate surface area is 164 Å². The summed E-state index contributed by atoms with van der Waals surface area (Å²) in [6, 6.07) is 18.3. The zero-order chi connectivity index (χ0) is 17.2. The van der Waals surface area contributed by atoms with E-state index in [0.717, 1.165) is 10.2 Å². The fourth-order valence-corrected chi connectivity index (χ4v) is 7.11. The molecule has 0 atom stereocenters. The second kappa shape index (κ2) is 7.23. The maximum atomic E-state index is 12.6. The molecule has 0 spiro atoms. The van der Waals surface area contributed by atoms with E-state index >= 15 is 0 Å². The summed E-state index contributed by atoms with van der Waals surface area (Å²) in [4.78, 5) is 17.1. The normalized spacial score (nSPS) is 10.9. The maximum Gasteiger partial charge on any atom is 0.369 e. The number of carbonyl (C=O) groups excluding carboxylic acids is 1. The third-order valence-corrected chi connectivity index (χ3v) is 8.59. The standard InChI is InChI=1S/C19H13IN2OS2/c1-12-7-8-15-16(10-12)25-19(21-15)22-18(23)13-4-2-5-14(11-13)20-17-6-3-9-24-17/h2-11H,1H3/p+1. The smallest absolute Gasteiger partial charge is 0.298 e. The number of nitrogens with zero attached hydrogens (tertiary/aromatic N) is 1. The molecule has 6 heteroatoms. The Hall–Kier alpha value is -1.77. The summed E-state index contributed by atoms with van der Waals surface area (Å²) >= 11 is 3.05. The van der Waals surface area contributed by atoms with Gasteiger partial charge >= 0.3 is 21.2 Å². The first-order valence-corrected chi connectivity index (χ1v) is 11.5. The average molecular weight is 477 g/mol. The van der Waals surface area contributed by atoms with Crippen molar-refractivity contribution >= 4 is 43.9 Å². The number of halogens is 1. The van der Waals surface area contributed by atoms with Gasteiger partial charge in [0.25, 0.3) is 5.91 Å². The predicted octanol–water partition coefficient (Wildman–Crippen LogP) is 2.05. The van der Waals surface area contributed by atoms with Crippen LogP contribution in [0.1, 0.15) is 15.9 Å². The lowest BCUT2D eigenvalue weighted by atomic mass is 10.2. The topological polar surface area (TPSA) is 42.0 Å². The minimum absolute atomic E-state index is 0.104. The zero-order valence-electron chi connectivity index (χ0n) is 13.3. The third-order valence-electron chi connectivity index (χ3n) is 3.54. The highest BCUT2D eigenvalue weighted by molar-refractivity contribution is 7.22. The highest BCUT2D eigenvalue weighted by Crippen LogP contribution is 2.26. The molecule has 2 aromatic carbocycles. The van der Waals surface area contributed by atoms with Gasteiger partial charge in [-0.3, -0.25) is 10.1 Å². The Balaban J connectivity index is 1.53. The summed E-state index contributed by atoms with van der Waals surface area (Å²) in [6.07, 6.45) is 0. The number of hydrogen-bond acceptors (Lipinski definition) is 4. The Bertz CT molecular complexity index is 1040. The quantitative estimate of drug-likeness (QED) is 0.458. The lowest BCUT2D eigenvalue weighted by molar-refractivity contribution is -0.591. The summed E-state index contributed by atoms with van der Waals surface area (Å²) < 4.78 is 3.74. The molecule has 2 aromatic heterocycles. The van der Waals surface area contributed by atoms with Gasteiger partial charge in [0.1, 0.15) is 0 Å². The Kier molecular flexibility index (Phi) is 4.82. The number of nitrogens with one attached hydrogen (secondary N) is 1. The van der Waals surface area contributed by atoms with E-state index in [1.54, 1.807) is 11.3 Å². The number of aromatic nitrogens is 1. The van der Waals surface area contributed by atoms with Gasteiger partial charge in [0, 0.05) is 17.7 Å². The highest BCUT2D eigenvalue weighted by atomic mass is 127. The predicted molar refractivity (Wildman–Crippen MR) is 100 cm³/mol. The summed E-state index contributed by atoms with van der Waals surface area (Å²) in [6.45, 7) is 2.06. The van der Waals surface area contributed by atoms with E-state index in [-0.39, 0.29) is 27.1 Å². The van der Waals surface area contributed by atoms with Crippen LogP contribution < -0.4 is 26.5 Å². The van der Waals surface area contributed by atoms with Crippen LogP contribution >= 0.6 is 22.7 Å². The van der Waals surface area contributed by atoms with Crippen LogP contribution in [0.2, 0.25) is 0 Å². The average Bonchev–Trinajstić information content (AvgIpc) is 3.24. The van der Waals surface area contributed by atoms with Crippen LogP contribution in [-0.2, 0) is 0 Å². The van der Waals surface area contributed by atoms with Crippen molar-refractivity contribution in [3.63, 3.8) is 0 Å². The van der Waals surface area contributed by atoms with Crippen molar-refractivity contribution in [1.82, 2.24) is 4.98 Å². The van der Waals surface area contributed by atoms with Crippen LogP contribution in [0.3, 0.4) is 0 Å². The molecule has 25 heavy (non-hydrogen) atoms. The zero-order valence-corrected chi connectivity index (χ0v) is 17.1. The van der Waals surface area contributed by atoms with E-state index in [2.05, 4.69) is 46.9 Å². The van der Waals surface area contributed by atoms with Crippen molar-refractivity contribution < 1.29 is 26.0 Å². The Morgan fingerprint density at radius 3 is 2.88 bits per heavy atom. The first kappa shape index (κ1) is 16.7. The number of rotatable bonds is 4. The van der Waals surface area contributed by atoms with Crippen molar-refractivity contribution in [2.75, 3.05) is 5.32 Å². The summed E-state index contributed by atoms with van der Waals surface area (Å²) in [5.41, 5.74) is 2.80. The highest BCUT2D eigenvalue weighted by Gasteiger charge is 2.19. The number of carbonyl (C=O) groups is 1. The summed E-state index contributed by atoms with van der Waals surface area (Å²) in [7, 11) is 0. The molecular weight excluding hydrogens is 463 g/mol. The van der Waals surface area contributed by atoms with Gasteiger partial charge in [0.15, 0.2) is 8.70 Å². The molecule has 1 N–H and O–H groups in total. The number of aryl methyl sites for hydroxylation is 1. The molecule has 0 aliphatic carbocycles. The number of thiophene rings is 1. The Morgan fingerprint density at radius 2 is 2.04 bits per heavy atom. The lowest BCUT2D eigenvalue weighted by Crippen LogP contribution is -3.61. The summed E-state index contributed by atoms with van der Waals surface area (Å²) in [5, 5.41) is 5.68. The molecule has 0 aliphatic rings. The van der Waals surface area contributed by atoms with Gasteiger partial charge in [-0.2, -0.15) is 0 Å². The van der Waals surface area contributed by atoms with Crippen molar-refractivity contribution in [3.8, 4) is 0 Å². The second-order valence-electron chi connectivity index (χ2n) is 5.47. The largest absolute Gasteiger partial charge is 0.369 e. The van der Waals surface area contributed by atoms with Crippen LogP contribution in [0.4, 0.5) is 5.13 Å². The van der Waals surface area contributed by atoms with Gasteiger partial charge in [-0.1, -0.05) is 34.8 Å². The minimum Gasteiger partial charge on any atom is -0.298 e. The third kappa shape index (κ3) is 3.91. The van der Waals surface area contributed by atoms with Crippen molar-refractivity contribution in [3.05, 3.63) is 77.6 Å². The minimum atomic E-state index is -0.231. The van der Waals surface area contributed by atoms with Crippen LogP contribution in [-0.4, -0.2) is 10.9 Å². The number of thiazole rings is 1. The first-order chi connectivity index (χ1) is 12.2. The van der Waals surface area contributed by atoms with Crippen LogP contribution in [0, 0.1) is 13.4 Å². The van der Waals surface area contributed by atoms with Gasteiger partial charge in [-0.25, -0.2) is 4.98 Å². The molecule has 1 amide bonds. The number of hydrogen-bond donors (Lipinski definition) is 1. The molecule has 0 radical (unpaired) electrons. The van der Waals surface area contributed by atoms with E-state index in [9.17, 15) is 4.79 Å². The molecule has 0 aliphatic heterocycles. The SMILES string of the molecule is Cc1ccc2nc(NC(=O)c3cccc([I+]c4cccs4)c3)sc2c1. The fraction of sp³-hybridized carbons (Fsp3) is 0.0526. The number of benzene rings is 2. The number of amides is 1. The fourth-order valence-electron chi connectivity index (χ4n) is 2.36. The van der Waals surface area contributed by atoms with Crippen molar-refractivity contribution in [2.24, 2.45) is 0 Å². The molecule has 0 saturated carbocycles. The number of fused-ring (bicyclic) bond motifs is 1. The molecule has 3 nitrogen and oxygen atoms in total. The van der Waals surface area contributed by atoms with Crippen molar-refractivity contribution in [1.29, 1.82) is 0 Å². The van der Waals surface area contributed by atoms with Crippen LogP contribution in [0.5, 0.6) is 0 Å². The van der Waals surface area contributed by atoms with E-state index in [1.165, 1.54) is 23.4 Å². The van der Waals surface area contributed by atoms with E-state index in [0.29, 0.717) is 10.7 Å². The van der Waals surface area contributed by atoms with Gasteiger partial charge < -0.3 is 0 Å². The van der Waals surface area contributed by atoms with Gasteiger partial charge in [-0.05, 0) is 48.2 Å². The molecule has 0 saturated heterocycles. The van der Waals surface area contributed by atoms with E-state index < -0.39 is 0 Å². The summed E-state index contributed by atoms with van der Waals surface area (Å²) in [5.74, 6) is -0.104. The first-order valence-electron chi connectivity index (χ1n) is 7.64.